The number of nitrogens with one attached hydrogen (secondary N) is 3. The summed E-state index contributed by atoms with van der Waals surface area (Å²) in [5.41, 5.74) is 1.23. The van der Waals surface area contributed by atoms with Gasteiger partial charge in [0.15, 0.2) is 0 Å². The van der Waals surface area contributed by atoms with Crippen molar-refractivity contribution in [3.63, 3.8) is 0 Å². The minimum Gasteiger partial charge on any atom is -0.508 e. The van der Waals surface area contributed by atoms with Gasteiger partial charge in [-0.2, -0.15) is 10.2 Å². The summed E-state index contributed by atoms with van der Waals surface area (Å²) in [6.07, 6.45) is 13.0. The number of nitrogens with zero attached hydrogens (tertiary/aromatic N) is 4. The highest BCUT2D eigenvalue weighted by atomic mass is 16.5. The van der Waals surface area contributed by atoms with Gasteiger partial charge in [0.1, 0.15) is 23.2 Å². The van der Waals surface area contributed by atoms with Crippen molar-refractivity contribution in [3.8, 4) is 11.8 Å². The molecule has 9 heteroatoms. The Hall–Kier alpha value is -2.93. The summed E-state index contributed by atoms with van der Waals surface area (Å²) < 4.78 is 5.58. The first-order chi connectivity index (χ1) is 20.2. The van der Waals surface area contributed by atoms with Crippen LogP contribution in [0.1, 0.15) is 68.9 Å². The van der Waals surface area contributed by atoms with Crippen LogP contribution in [0.4, 0.5) is 11.8 Å². The third kappa shape index (κ3) is 6.94. The molecule has 1 aromatic carbocycles. The van der Waals surface area contributed by atoms with Crippen molar-refractivity contribution in [3.05, 3.63) is 41.6 Å². The van der Waals surface area contributed by atoms with Crippen LogP contribution in [0, 0.1) is 29.1 Å². The Morgan fingerprint density at radius 2 is 1.76 bits per heavy atom. The highest BCUT2D eigenvalue weighted by molar-refractivity contribution is 5.53. The number of nitriles is 1. The number of phenols is 1. The molecule has 1 aromatic heterocycles. The third-order valence-electron chi connectivity index (χ3n) is 10.00. The Kier molecular flexibility index (Phi) is 9.19. The number of ether oxygens (including phenoxy) is 1. The van der Waals surface area contributed by atoms with Crippen LogP contribution in [-0.2, 0) is 11.3 Å². The molecule has 2 saturated heterocycles. The molecule has 2 saturated carbocycles. The number of benzene rings is 1. The van der Waals surface area contributed by atoms with Crippen molar-refractivity contribution in [1.29, 1.82) is 5.26 Å². The first kappa shape index (κ1) is 28.2. The molecular weight excluding hydrogens is 514 g/mol. The molecule has 4 atom stereocenters. The van der Waals surface area contributed by atoms with Gasteiger partial charge in [0.25, 0.3) is 0 Å². The van der Waals surface area contributed by atoms with Gasteiger partial charge in [0, 0.05) is 50.0 Å². The molecule has 4 fully saturated rings. The van der Waals surface area contributed by atoms with Gasteiger partial charge in [-0.25, -0.2) is 4.98 Å². The maximum Gasteiger partial charge on any atom is 0.224 e. The van der Waals surface area contributed by atoms with Crippen molar-refractivity contribution in [2.75, 3.05) is 43.5 Å². The molecule has 0 amide bonds. The number of hydrogen-bond donors (Lipinski definition) is 4. The number of anilines is 2. The highest BCUT2D eigenvalue weighted by Crippen LogP contribution is 2.43. The minimum absolute atomic E-state index is 0.239. The van der Waals surface area contributed by atoms with E-state index in [1.54, 1.807) is 18.3 Å². The van der Waals surface area contributed by atoms with E-state index in [0.717, 1.165) is 43.2 Å². The molecular formula is C32H45N7O2. The monoisotopic (exact) mass is 559 g/mol. The summed E-state index contributed by atoms with van der Waals surface area (Å²) in [6.45, 7) is 5.54. The zero-order chi connectivity index (χ0) is 28.0. The first-order valence-corrected chi connectivity index (χ1v) is 15.8. The zero-order valence-corrected chi connectivity index (χ0v) is 24.1. The fourth-order valence-electron chi connectivity index (χ4n) is 7.82. The molecule has 4 N–H and O–H groups in total. The van der Waals surface area contributed by atoms with E-state index < -0.39 is 0 Å². The molecule has 220 valence electrons. The lowest BCUT2D eigenvalue weighted by molar-refractivity contribution is 0.0185. The fraction of sp³-hybridized carbons (Fsp3) is 0.656. The van der Waals surface area contributed by atoms with Crippen molar-refractivity contribution in [2.45, 2.75) is 82.5 Å². The first-order valence-electron chi connectivity index (χ1n) is 15.8. The Bertz CT molecular complexity index is 1170. The van der Waals surface area contributed by atoms with Crippen molar-refractivity contribution < 1.29 is 9.84 Å². The predicted molar refractivity (Wildman–Crippen MR) is 160 cm³/mol. The van der Waals surface area contributed by atoms with Crippen molar-refractivity contribution in [1.82, 2.24) is 20.2 Å². The van der Waals surface area contributed by atoms with E-state index in [9.17, 15) is 10.4 Å². The summed E-state index contributed by atoms with van der Waals surface area (Å²) in [5.74, 6) is 3.33. The number of fused-ring (bicyclic) bond motifs is 2. The molecule has 41 heavy (non-hydrogen) atoms. The van der Waals surface area contributed by atoms with E-state index in [1.165, 1.54) is 70.9 Å². The van der Waals surface area contributed by atoms with Gasteiger partial charge in [-0.3, -0.25) is 0 Å². The van der Waals surface area contributed by atoms with Crippen LogP contribution in [0.3, 0.4) is 0 Å². The number of para-hydroxylation sites is 1. The van der Waals surface area contributed by atoms with Crippen LogP contribution < -0.4 is 16.0 Å². The van der Waals surface area contributed by atoms with Crippen LogP contribution in [0.2, 0.25) is 0 Å². The quantitative estimate of drug-likeness (QED) is 0.352. The number of piperidine rings is 1. The SMILES string of the molecule is N#Cc1cnc(NCc2ccccc2O)nc1NCC1C[C@H]2CCC[C@@H](C1)[C@@H]2NC1CCN(C2CCOCC2)CC1. The van der Waals surface area contributed by atoms with Crippen LogP contribution in [0.25, 0.3) is 0 Å². The highest BCUT2D eigenvalue weighted by Gasteiger charge is 2.41. The Labute approximate surface area is 244 Å². The topological polar surface area (TPSA) is 118 Å². The second-order valence-corrected chi connectivity index (χ2v) is 12.6. The Morgan fingerprint density at radius 3 is 2.49 bits per heavy atom. The van der Waals surface area contributed by atoms with Crippen LogP contribution in [-0.4, -0.2) is 70.9 Å². The van der Waals surface area contributed by atoms with Crippen molar-refractivity contribution in [2.24, 2.45) is 17.8 Å². The van der Waals surface area contributed by atoms with Crippen molar-refractivity contribution >= 4 is 11.8 Å². The van der Waals surface area contributed by atoms with Gasteiger partial charge in [-0.05, 0) is 88.3 Å². The second-order valence-electron chi connectivity index (χ2n) is 12.6. The van der Waals surface area contributed by atoms with Gasteiger partial charge in [0.05, 0.1) is 6.20 Å². The zero-order valence-electron chi connectivity index (χ0n) is 24.1. The van der Waals surface area contributed by atoms with Gasteiger partial charge in [0.2, 0.25) is 5.95 Å². The lowest BCUT2D eigenvalue weighted by atomic mass is 9.64. The van der Waals surface area contributed by atoms with E-state index >= 15 is 0 Å². The molecule has 6 rings (SSSR count). The molecule has 2 aliphatic carbocycles. The molecule has 1 unspecified atom stereocenters. The largest absolute Gasteiger partial charge is 0.508 e. The molecule has 0 radical (unpaired) electrons. The molecule has 3 heterocycles. The summed E-state index contributed by atoms with van der Waals surface area (Å²) in [7, 11) is 0. The lowest BCUT2D eigenvalue weighted by Crippen LogP contribution is -2.56. The maximum atomic E-state index is 10.0. The number of phenolic OH excluding ortho intramolecular Hbond substituents is 1. The van der Waals surface area contributed by atoms with Gasteiger partial charge >= 0.3 is 0 Å². The summed E-state index contributed by atoms with van der Waals surface area (Å²) in [6, 6.07) is 11.5. The number of rotatable bonds is 9. The number of aromatic hydroxyl groups is 1. The van der Waals surface area contributed by atoms with Gasteiger partial charge in [-0.1, -0.05) is 24.6 Å². The number of likely N-dealkylation sites (tertiary alicyclic amines) is 1. The number of aromatic nitrogens is 2. The van der Waals surface area contributed by atoms with E-state index in [4.69, 9.17) is 4.74 Å². The van der Waals surface area contributed by atoms with Crippen LogP contribution in [0.15, 0.2) is 30.5 Å². The molecule has 2 aromatic rings. The average molecular weight is 560 g/mol. The summed E-state index contributed by atoms with van der Waals surface area (Å²) in [5, 5.41) is 30.6. The van der Waals surface area contributed by atoms with E-state index in [-0.39, 0.29) is 5.75 Å². The third-order valence-corrected chi connectivity index (χ3v) is 10.00. The lowest BCUT2D eigenvalue weighted by Gasteiger charge is -2.49. The van der Waals surface area contributed by atoms with Gasteiger partial charge in [-0.15, -0.1) is 0 Å². The Balaban J connectivity index is 1.01. The van der Waals surface area contributed by atoms with Crippen LogP contribution >= 0.6 is 0 Å². The molecule has 4 aliphatic rings. The second kappa shape index (κ2) is 13.4. The fourth-order valence-corrected chi connectivity index (χ4v) is 7.82. The van der Waals surface area contributed by atoms with E-state index in [2.05, 4.69) is 36.9 Å². The van der Waals surface area contributed by atoms with Gasteiger partial charge < -0.3 is 30.7 Å². The summed E-state index contributed by atoms with van der Waals surface area (Å²) in [4.78, 5) is 11.6. The summed E-state index contributed by atoms with van der Waals surface area (Å²) >= 11 is 0. The smallest absolute Gasteiger partial charge is 0.224 e. The standard InChI is InChI=1S/C32H45N7O2/c33-18-26-21-36-32(35-20-25-4-1-2-7-29(25)40)38-31(26)34-19-22-16-23-5-3-6-24(17-22)30(23)37-27-8-12-39(13-9-27)28-10-14-41-15-11-28/h1-2,4,7,21-24,27-28,30,37,40H,3,5-6,8-17,19-20H2,(H2,34,35,36,38)/t22?,23-,24+,30-. The minimum atomic E-state index is 0.239. The normalized spacial score (nSPS) is 27.7. The molecule has 9 nitrogen and oxygen atoms in total. The maximum absolute atomic E-state index is 10.0. The molecule has 0 spiro atoms. The van der Waals surface area contributed by atoms with E-state index in [1.807, 2.05) is 12.1 Å². The predicted octanol–water partition coefficient (Wildman–Crippen LogP) is 4.51. The van der Waals surface area contributed by atoms with Crippen LogP contribution in [0.5, 0.6) is 5.75 Å². The number of hydrogen-bond acceptors (Lipinski definition) is 9. The van der Waals surface area contributed by atoms with E-state index in [0.29, 0.717) is 41.9 Å². The Morgan fingerprint density at radius 1 is 1.00 bits per heavy atom. The molecule has 2 bridgehead atoms. The molecule has 2 aliphatic heterocycles. The average Bonchev–Trinajstić information content (AvgIpc) is 3.00.